The normalized spacial score (nSPS) is 17.0. The molecule has 0 unspecified atom stereocenters. The Morgan fingerprint density at radius 3 is 2.62 bits per heavy atom. The van der Waals surface area contributed by atoms with Gasteiger partial charge in [0, 0.05) is 38.8 Å². The predicted molar refractivity (Wildman–Crippen MR) is 93.4 cm³/mol. The summed E-state index contributed by atoms with van der Waals surface area (Å²) in [6, 6.07) is 1.95. The van der Waals surface area contributed by atoms with E-state index in [9.17, 15) is 4.79 Å². The van der Waals surface area contributed by atoms with Crippen LogP contribution in [0.25, 0.3) is 5.57 Å². The third-order valence-corrected chi connectivity index (χ3v) is 3.73. The maximum Gasteiger partial charge on any atom is 0.410 e. The Hall–Kier alpha value is -2.08. The molecule has 0 saturated carbocycles. The lowest BCUT2D eigenvalue weighted by Gasteiger charge is -2.35. The number of rotatable bonds is 4. The van der Waals surface area contributed by atoms with E-state index in [1.54, 1.807) is 11.0 Å². The number of carbonyl (C=O) groups excluding carboxylic acids is 1. The average Bonchev–Trinajstić information content (AvgIpc) is 2.95. The van der Waals surface area contributed by atoms with Crippen LogP contribution in [0, 0.1) is 0 Å². The lowest BCUT2D eigenvalue weighted by Crippen LogP contribution is -2.49. The van der Waals surface area contributed by atoms with Crippen molar-refractivity contribution >= 4 is 11.7 Å². The molecule has 2 heterocycles. The molecular weight excluding hydrogens is 306 g/mol. The van der Waals surface area contributed by atoms with Gasteiger partial charge < -0.3 is 14.2 Å². The summed E-state index contributed by atoms with van der Waals surface area (Å²) in [5.41, 5.74) is 1.44. The van der Waals surface area contributed by atoms with Crippen LogP contribution in [0.2, 0.25) is 0 Å². The molecule has 1 fully saturated rings. The summed E-state index contributed by atoms with van der Waals surface area (Å²) in [5.74, 6) is 0.761. The first-order valence-corrected chi connectivity index (χ1v) is 8.24. The summed E-state index contributed by atoms with van der Waals surface area (Å²) in [5, 5.41) is 4.12. The SMILES string of the molecule is C=CC=C(C)c1cc(CN2CCN(C(=O)OC(C)(C)C)CC2)no1. The summed E-state index contributed by atoms with van der Waals surface area (Å²) in [4.78, 5) is 16.1. The highest BCUT2D eigenvalue weighted by molar-refractivity contribution is 5.68. The minimum Gasteiger partial charge on any atom is -0.444 e. The van der Waals surface area contributed by atoms with Crippen LogP contribution < -0.4 is 0 Å². The van der Waals surface area contributed by atoms with E-state index in [0.717, 1.165) is 30.1 Å². The highest BCUT2D eigenvalue weighted by Gasteiger charge is 2.26. The van der Waals surface area contributed by atoms with Crippen molar-refractivity contribution in [3.05, 3.63) is 36.3 Å². The largest absolute Gasteiger partial charge is 0.444 e. The Bertz CT molecular complexity index is 605. The van der Waals surface area contributed by atoms with Crippen LogP contribution in [-0.2, 0) is 11.3 Å². The van der Waals surface area contributed by atoms with Gasteiger partial charge in [-0.25, -0.2) is 4.79 Å². The summed E-state index contributed by atoms with van der Waals surface area (Å²) in [6.45, 7) is 14.9. The van der Waals surface area contributed by atoms with Crippen LogP contribution in [0.5, 0.6) is 0 Å². The molecule has 1 aromatic heterocycles. The average molecular weight is 333 g/mol. The fraction of sp³-hybridized carbons (Fsp3) is 0.556. The summed E-state index contributed by atoms with van der Waals surface area (Å²) in [7, 11) is 0. The van der Waals surface area contributed by atoms with E-state index in [1.807, 2.05) is 39.8 Å². The molecule has 2 rings (SSSR count). The maximum absolute atomic E-state index is 12.1. The number of allylic oxidation sites excluding steroid dienone is 3. The first kappa shape index (κ1) is 18.3. The van der Waals surface area contributed by atoms with Crippen molar-refractivity contribution in [2.24, 2.45) is 0 Å². The predicted octanol–water partition coefficient (Wildman–Crippen LogP) is 3.32. The molecule has 0 aliphatic carbocycles. The molecule has 1 aromatic rings. The van der Waals surface area contributed by atoms with Gasteiger partial charge in [0.15, 0.2) is 5.76 Å². The molecule has 132 valence electrons. The van der Waals surface area contributed by atoms with Crippen LogP contribution in [-0.4, -0.2) is 52.8 Å². The zero-order chi connectivity index (χ0) is 17.7. The van der Waals surface area contributed by atoms with Gasteiger partial charge in [-0.05, 0) is 33.3 Å². The highest BCUT2D eigenvalue weighted by atomic mass is 16.6. The summed E-state index contributed by atoms with van der Waals surface area (Å²) in [6.07, 6.45) is 3.38. The van der Waals surface area contributed by atoms with Gasteiger partial charge in [-0.1, -0.05) is 23.9 Å². The number of amides is 1. The van der Waals surface area contributed by atoms with Gasteiger partial charge in [-0.3, -0.25) is 4.90 Å². The van der Waals surface area contributed by atoms with Crippen molar-refractivity contribution < 1.29 is 14.1 Å². The molecule has 24 heavy (non-hydrogen) atoms. The second kappa shape index (κ2) is 7.66. The first-order chi connectivity index (χ1) is 11.3. The molecule has 0 bridgehead atoms. The van der Waals surface area contributed by atoms with Gasteiger partial charge in [0.2, 0.25) is 0 Å². The molecule has 0 aromatic carbocycles. The molecule has 0 N–H and O–H groups in total. The maximum atomic E-state index is 12.1. The van der Waals surface area contributed by atoms with Crippen LogP contribution >= 0.6 is 0 Å². The Balaban J connectivity index is 1.84. The molecule has 1 amide bonds. The van der Waals surface area contributed by atoms with Crippen molar-refractivity contribution in [2.45, 2.75) is 39.8 Å². The lowest BCUT2D eigenvalue weighted by atomic mass is 10.2. The van der Waals surface area contributed by atoms with E-state index >= 15 is 0 Å². The smallest absolute Gasteiger partial charge is 0.410 e. The van der Waals surface area contributed by atoms with Crippen LogP contribution in [0.15, 0.2) is 29.3 Å². The Morgan fingerprint density at radius 1 is 1.38 bits per heavy atom. The van der Waals surface area contributed by atoms with E-state index in [-0.39, 0.29) is 6.09 Å². The standard InChI is InChI=1S/C18H27N3O3/c1-6-7-14(2)16-12-15(19-24-16)13-20-8-10-21(11-9-20)17(22)23-18(3,4)5/h6-7,12H,1,8-11,13H2,2-5H3. The molecule has 0 atom stereocenters. The Kier molecular flexibility index (Phi) is 5.83. The molecular formula is C18H27N3O3. The number of nitrogens with zero attached hydrogens (tertiary/aromatic N) is 3. The van der Waals surface area contributed by atoms with Crippen molar-refractivity contribution in [3.8, 4) is 0 Å². The van der Waals surface area contributed by atoms with Crippen molar-refractivity contribution in [1.82, 2.24) is 15.0 Å². The minimum atomic E-state index is -0.456. The van der Waals surface area contributed by atoms with Crippen LogP contribution in [0.1, 0.15) is 39.1 Å². The van der Waals surface area contributed by atoms with E-state index in [4.69, 9.17) is 9.26 Å². The Labute approximate surface area is 143 Å². The van der Waals surface area contributed by atoms with Crippen molar-refractivity contribution in [3.63, 3.8) is 0 Å². The van der Waals surface area contributed by atoms with E-state index in [1.165, 1.54) is 0 Å². The van der Waals surface area contributed by atoms with E-state index < -0.39 is 5.60 Å². The molecule has 0 spiro atoms. The number of aromatic nitrogens is 1. The topological polar surface area (TPSA) is 58.8 Å². The first-order valence-electron chi connectivity index (χ1n) is 8.24. The molecule has 6 heteroatoms. The Morgan fingerprint density at radius 2 is 2.04 bits per heavy atom. The molecule has 1 aliphatic heterocycles. The van der Waals surface area contributed by atoms with E-state index in [2.05, 4.69) is 16.6 Å². The van der Waals surface area contributed by atoms with Gasteiger partial charge in [0.05, 0.1) is 5.69 Å². The lowest BCUT2D eigenvalue weighted by molar-refractivity contribution is 0.0137. The van der Waals surface area contributed by atoms with Crippen LogP contribution in [0.3, 0.4) is 0 Å². The van der Waals surface area contributed by atoms with E-state index in [0.29, 0.717) is 19.6 Å². The number of piperazine rings is 1. The third kappa shape index (κ3) is 5.23. The number of ether oxygens (including phenoxy) is 1. The fourth-order valence-corrected chi connectivity index (χ4v) is 2.48. The zero-order valence-electron chi connectivity index (χ0n) is 15.0. The van der Waals surface area contributed by atoms with Gasteiger partial charge in [-0.15, -0.1) is 0 Å². The fourth-order valence-electron chi connectivity index (χ4n) is 2.48. The summed E-state index contributed by atoms with van der Waals surface area (Å²) < 4.78 is 10.8. The van der Waals surface area contributed by atoms with Crippen molar-refractivity contribution in [2.75, 3.05) is 26.2 Å². The van der Waals surface area contributed by atoms with Gasteiger partial charge >= 0.3 is 6.09 Å². The molecule has 1 saturated heterocycles. The molecule has 0 radical (unpaired) electrons. The number of carbonyl (C=O) groups is 1. The van der Waals surface area contributed by atoms with Gasteiger partial charge in [-0.2, -0.15) is 0 Å². The van der Waals surface area contributed by atoms with Gasteiger partial charge in [0.1, 0.15) is 5.60 Å². The zero-order valence-corrected chi connectivity index (χ0v) is 15.0. The van der Waals surface area contributed by atoms with Crippen LogP contribution in [0.4, 0.5) is 4.79 Å². The number of hydrogen-bond acceptors (Lipinski definition) is 5. The highest BCUT2D eigenvalue weighted by Crippen LogP contribution is 2.17. The van der Waals surface area contributed by atoms with Crippen molar-refractivity contribution in [1.29, 1.82) is 0 Å². The van der Waals surface area contributed by atoms with Gasteiger partial charge in [0.25, 0.3) is 0 Å². The second-order valence-corrected chi connectivity index (χ2v) is 7.01. The number of hydrogen-bond donors (Lipinski definition) is 0. The monoisotopic (exact) mass is 333 g/mol. The quantitative estimate of drug-likeness (QED) is 0.791. The third-order valence-electron chi connectivity index (χ3n) is 3.73. The second-order valence-electron chi connectivity index (χ2n) is 7.01. The molecule has 6 nitrogen and oxygen atoms in total. The summed E-state index contributed by atoms with van der Waals surface area (Å²) >= 11 is 0. The minimum absolute atomic E-state index is 0.240. The molecule has 1 aliphatic rings.